The van der Waals surface area contributed by atoms with Gasteiger partial charge in [0.05, 0.1) is 30.1 Å². The highest BCUT2D eigenvalue weighted by molar-refractivity contribution is 6.07. The maximum atomic E-state index is 13.4. The number of nitrogens with zero attached hydrogens (tertiary/aromatic N) is 4. The first-order valence-electron chi connectivity index (χ1n) is 10.4. The van der Waals surface area contributed by atoms with Gasteiger partial charge in [-0.3, -0.25) is 19.7 Å². The van der Waals surface area contributed by atoms with Crippen LogP contribution in [-0.2, 0) is 7.05 Å². The first kappa shape index (κ1) is 22.1. The number of carbonyl (C=O) groups excluding carboxylic acids is 1. The molecule has 0 atom stereocenters. The molecule has 1 saturated heterocycles. The Kier molecular flexibility index (Phi) is 5.91. The van der Waals surface area contributed by atoms with E-state index in [1.807, 2.05) is 0 Å². The molecule has 10 nitrogen and oxygen atoms in total. The third-order valence-electron chi connectivity index (χ3n) is 5.91. The summed E-state index contributed by atoms with van der Waals surface area (Å²) in [6, 6.07) is 9.65. The van der Waals surface area contributed by atoms with Gasteiger partial charge in [-0.2, -0.15) is 0 Å². The van der Waals surface area contributed by atoms with E-state index in [1.165, 1.54) is 30.9 Å². The Labute approximate surface area is 189 Å². The lowest BCUT2D eigenvalue weighted by Gasteiger charge is -2.36. The number of aromatic nitrogens is 1. The minimum Gasteiger partial charge on any atom is -0.493 e. The molecule has 4 rings (SSSR count). The Morgan fingerprint density at radius 3 is 2.09 bits per heavy atom. The number of ether oxygens (including phenoxy) is 2. The van der Waals surface area contributed by atoms with Crippen molar-refractivity contribution >= 4 is 28.1 Å². The van der Waals surface area contributed by atoms with Gasteiger partial charge in [-0.05, 0) is 24.3 Å². The topological polar surface area (TPSA) is 107 Å². The summed E-state index contributed by atoms with van der Waals surface area (Å²) in [5, 5.41) is 11.8. The number of methoxy groups -OCH3 is 2. The molecule has 0 bridgehead atoms. The fraction of sp³-hybridized carbons (Fsp3) is 0.304. The standard InChI is InChI=1S/C23H24N4O6/c1-24-14-19(17-12-20(32-2)21(33-3)13-18(17)22(24)28)23(29)26-10-8-25(9-11-26)15-4-6-16(7-5-15)27(30)31/h4-7,12-14H,8-11H2,1-3H3. The molecule has 1 fully saturated rings. The van der Waals surface area contributed by atoms with Crippen LogP contribution in [0.4, 0.5) is 11.4 Å². The van der Waals surface area contributed by atoms with E-state index in [9.17, 15) is 19.7 Å². The van der Waals surface area contributed by atoms with Crippen LogP contribution in [0.3, 0.4) is 0 Å². The Bertz CT molecular complexity index is 1280. The molecular weight excluding hydrogens is 428 g/mol. The molecule has 3 aromatic rings. The van der Waals surface area contributed by atoms with E-state index in [1.54, 1.807) is 42.4 Å². The van der Waals surface area contributed by atoms with Gasteiger partial charge in [0.1, 0.15) is 0 Å². The van der Waals surface area contributed by atoms with Gasteiger partial charge in [0.2, 0.25) is 0 Å². The van der Waals surface area contributed by atoms with Gasteiger partial charge in [-0.1, -0.05) is 0 Å². The van der Waals surface area contributed by atoms with Crippen molar-refractivity contribution in [2.45, 2.75) is 0 Å². The van der Waals surface area contributed by atoms with Crippen LogP contribution in [0.1, 0.15) is 10.4 Å². The number of fused-ring (bicyclic) bond motifs is 1. The summed E-state index contributed by atoms with van der Waals surface area (Å²) in [5.41, 5.74) is 1.10. The van der Waals surface area contributed by atoms with Crippen LogP contribution >= 0.6 is 0 Å². The molecule has 1 aromatic heterocycles. The third-order valence-corrected chi connectivity index (χ3v) is 5.91. The van der Waals surface area contributed by atoms with Gasteiger partial charge in [-0.15, -0.1) is 0 Å². The summed E-state index contributed by atoms with van der Waals surface area (Å²) in [5.74, 6) is 0.685. The minimum atomic E-state index is -0.428. The number of nitro benzene ring substituents is 1. The zero-order valence-corrected chi connectivity index (χ0v) is 18.6. The Morgan fingerprint density at radius 2 is 1.55 bits per heavy atom. The molecule has 0 aliphatic carbocycles. The van der Waals surface area contributed by atoms with Crippen molar-refractivity contribution in [1.29, 1.82) is 0 Å². The molecule has 2 heterocycles. The van der Waals surface area contributed by atoms with Gasteiger partial charge >= 0.3 is 0 Å². The van der Waals surface area contributed by atoms with E-state index in [4.69, 9.17) is 9.47 Å². The molecule has 0 spiro atoms. The summed E-state index contributed by atoms with van der Waals surface area (Å²) >= 11 is 0. The van der Waals surface area contributed by atoms with Crippen molar-refractivity contribution in [2.24, 2.45) is 7.05 Å². The Morgan fingerprint density at radius 1 is 0.970 bits per heavy atom. The van der Waals surface area contributed by atoms with Gasteiger partial charge in [0, 0.05) is 62.6 Å². The van der Waals surface area contributed by atoms with Crippen molar-refractivity contribution < 1.29 is 19.2 Å². The largest absolute Gasteiger partial charge is 0.493 e. The second-order valence-corrected chi connectivity index (χ2v) is 7.76. The fourth-order valence-corrected chi connectivity index (χ4v) is 4.08. The molecule has 1 amide bonds. The number of piperazine rings is 1. The maximum Gasteiger partial charge on any atom is 0.269 e. The zero-order valence-electron chi connectivity index (χ0n) is 18.6. The molecular formula is C23H24N4O6. The molecule has 1 aliphatic heterocycles. The molecule has 172 valence electrons. The van der Waals surface area contributed by atoms with Crippen LogP contribution in [0.15, 0.2) is 47.4 Å². The van der Waals surface area contributed by atoms with E-state index >= 15 is 0 Å². The van der Waals surface area contributed by atoms with Crippen molar-refractivity contribution in [3.63, 3.8) is 0 Å². The number of amides is 1. The number of hydrogen-bond acceptors (Lipinski definition) is 7. The average molecular weight is 452 g/mol. The quantitative estimate of drug-likeness (QED) is 0.432. The summed E-state index contributed by atoms with van der Waals surface area (Å²) in [4.78, 5) is 40.4. The van der Waals surface area contributed by atoms with Crippen molar-refractivity contribution in [2.75, 3.05) is 45.3 Å². The molecule has 1 aliphatic rings. The number of carbonyl (C=O) groups is 1. The predicted octanol–water partition coefficient (Wildman–Crippen LogP) is 2.43. The minimum absolute atomic E-state index is 0.0428. The highest BCUT2D eigenvalue weighted by atomic mass is 16.6. The molecule has 0 N–H and O–H groups in total. The summed E-state index contributed by atoms with van der Waals surface area (Å²) in [6.07, 6.45) is 1.56. The molecule has 0 unspecified atom stereocenters. The number of aryl methyl sites for hydroxylation is 1. The predicted molar refractivity (Wildman–Crippen MR) is 124 cm³/mol. The SMILES string of the molecule is COc1cc2c(C(=O)N3CCN(c4ccc([N+](=O)[O-])cc4)CC3)cn(C)c(=O)c2cc1OC. The van der Waals surface area contributed by atoms with Crippen molar-refractivity contribution in [3.8, 4) is 11.5 Å². The number of anilines is 1. The summed E-state index contributed by atoms with van der Waals surface area (Å²) in [6.45, 7) is 2.13. The Balaban J connectivity index is 1.60. The highest BCUT2D eigenvalue weighted by Gasteiger charge is 2.25. The van der Waals surface area contributed by atoms with Crippen LogP contribution in [0.25, 0.3) is 10.8 Å². The molecule has 2 aromatic carbocycles. The van der Waals surface area contributed by atoms with Crippen LogP contribution in [0.5, 0.6) is 11.5 Å². The highest BCUT2D eigenvalue weighted by Crippen LogP contribution is 2.33. The second kappa shape index (κ2) is 8.81. The monoisotopic (exact) mass is 452 g/mol. The molecule has 10 heteroatoms. The van der Waals surface area contributed by atoms with Crippen molar-refractivity contribution in [1.82, 2.24) is 9.47 Å². The first-order chi connectivity index (χ1) is 15.8. The van der Waals surface area contributed by atoms with Gasteiger partial charge < -0.3 is 23.8 Å². The number of hydrogen-bond donors (Lipinski definition) is 0. The number of pyridine rings is 1. The van der Waals surface area contributed by atoms with E-state index < -0.39 is 4.92 Å². The number of rotatable bonds is 5. The number of nitro groups is 1. The average Bonchev–Trinajstić information content (AvgIpc) is 2.85. The lowest BCUT2D eigenvalue weighted by molar-refractivity contribution is -0.384. The third kappa shape index (κ3) is 4.07. The first-order valence-corrected chi connectivity index (χ1v) is 10.4. The van der Waals surface area contributed by atoms with Crippen LogP contribution in [0, 0.1) is 10.1 Å². The van der Waals surface area contributed by atoms with Gasteiger partial charge in [0.25, 0.3) is 17.2 Å². The Hall–Kier alpha value is -4.08. The van der Waals surface area contributed by atoms with E-state index in [2.05, 4.69) is 4.90 Å². The lowest BCUT2D eigenvalue weighted by Crippen LogP contribution is -2.49. The second-order valence-electron chi connectivity index (χ2n) is 7.76. The van der Waals surface area contributed by atoms with Crippen molar-refractivity contribution in [3.05, 3.63) is 68.6 Å². The van der Waals surface area contributed by atoms with E-state index in [0.717, 1.165) is 5.69 Å². The fourth-order valence-electron chi connectivity index (χ4n) is 4.08. The molecule has 0 radical (unpaired) electrons. The van der Waals surface area contributed by atoms with Crippen LogP contribution < -0.4 is 19.9 Å². The van der Waals surface area contributed by atoms with Crippen LogP contribution in [0.2, 0.25) is 0 Å². The number of benzene rings is 2. The summed E-state index contributed by atoms with van der Waals surface area (Å²) in [7, 11) is 4.61. The molecule has 33 heavy (non-hydrogen) atoms. The molecule has 0 saturated carbocycles. The lowest BCUT2D eigenvalue weighted by atomic mass is 10.0. The smallest absolute Gasteiger partial charge is 0.269 e. The van der Waals surface area contributed by atoms with Gasteiger partial charge in [0.15, 0.2) is 11.5 Å². The van der Waals surface area contributed by atoms with E-state index in [-0.39, 0.29) is 17.2 Å². The maximum absolute atomic E-state index is 13.4. The van der Waals surface area contributed by atoms with E-state index in [0.29, 0.717) is 54.0 Å². The number of non-ortho nitro benzene ring substituents is 1. The zero-order chi connectivity index (χ0) is 23.7. The summed E-state index contributed by atoms with van der Waals surface area (Å²) < 4.78 is 12.1. The normalized spacial score (nSPS) is 13.8. The van der Waals surface area contributed by atoms with Gasteiger partial charge in [-0.25, -0.2) is 0 Å². The van der Waals surface area contributed by atoms with Crippen LogP contribution in [-0.4, -0.2) is 60.7 Å².